The molecule has 0 atom stereocenters. The van der Waals surface area contributed by atoms with Crippen molar-refractivity contribution in [1.29, 1.82) is 0 Å². The molecule has 0 N–H and O–H groups in total. The average Bonchev–Trinajstić information content (AvgIpc) is 2.88. The Balaban J connectivity index is 1.70. The molecule has 2 nitrogen and oxygen atoms in total. The number of hydrogen-bond donors (Lipinski definition) is 0. The third-order valence-electron chi connectivity index (χ3n) is 3.60. The van der Waals surface area contributed by atoms with Crippen molar-refractivity contribution in [1.82, 2.24) is 0 Å². The van der Waals surface area contributed by atoms with Crippen molar-refractivity contribution in [3.63, 3.8) is 0 Å². The Morgan fingerprint density at radius 2 is 2.00 bits per heavy atom. The molecule has 3 heteroatoms. The van der Waals surface area contributed by atoms with Crippen molar-refractivity contribution < 1.29 is 9.16 Å². The summed E-state index contributed by atoms with van der Waals surface area (Å²) in [7, 11) is 1.38. The zero-order valence-corrected chi connectivity index (χ0v) is 12.1. The van der Waals surface area contributed by atoms with E-state index < -0.39 is 0 Å². The summed E-state index contributed by atoms with van der Waals surface area (Å²) in [6, 6.07) is 9.48. The molecule has 2 rings (SSSR count). The molecule has 1 aromatic rings. The zero-order chi connectivity index (χ0) is 11.9. The van der Waals surface area contributed by atoms with E-state index in [1.54, 1.807) is 7.11 Å². The predicted molar refractivity (Wildman–Crippen MR) is 73.1 cm³/mol. The second-order valence-electron chi connectivity index (χ2n) is 4.80. The first-order valence-electron chi connectivity index (χ1n) is 6.60. The van der Waals surface area contributed by atoms with Gasteiger partial charge in [0.25, 0.3) is 0 Å². The second kappa shape index (κ2) is 6.82. The summed E-state index contributed by atoms with van der Waals surface area (Å²) in [4.78, 5) is 0. The van der Waals surface area contributed by atoms with E-state index in [-0.39, 0.29) is 9.76 Å². The Labute approximate surface area is 106 Å². The van der Waals surface area contributed by atoms with E-state index in [4.69, 9.17) is 9.16 Å². The van der Waals surface area contributed by atoms with Gasteiger partial charge in [-0.2, -0.15) is 0 Å². The van der Waals surface area contributed by atoms with E-state index in [1.807, 2.05) is 18.2 Å². The smallest absolute Gasteiger partial charge is 0.162 e. The summed E-state index contributed by atoms with van der Waals surface area (Å²) < 4.78 is 11.2. The number of para-hydroxylation sites is 1. The second-order valence-corrected chi connectivity index (χ2v) is 6.20. The Hall–Kier alpha value is -0.803. The van der Waals surface area contributed by atoms with Crippen LogP contribution in [0.15, 0.2) is 24.3 Å². The minimum atomic E-state index is -0.341. The molecule has 0 spiro atoms. The molecular weight excluding hydrogens is 228 g/mol. The van der Waals surface area contributed by atoms with E-state index in [1.165, 1.54) is 37.3 Å². The van der Waals surface area contributed by atoms with Gasteiger partial charge in [0.2, 0.25) is 0 Å². The molecule has 17 heavy (non-hydrogen) atoms. The fourth-order valence-corrected chi connectivity index (χ4v) is 3.99. The summed E-state index contributed by atoms with van der Waals surface area (Å²) in [5.74, 6) is 1.92. The highest BCUT2D eigenvalue weighted by Crippen LogP contribution is 2.27. The van der Waals surface area contributed by atoms with Gasteiger partial charge in [0, 0.05) is 5.56 Å². The van der Waals surface area contributed by atoms with Gasteiger partial charge in [-0.05, 0) is 18.0 Å². The summed E-state index contributed by atoms with van der Waals surface area (Å²) >= 11 is 0. The van der Waals surface area contributed by atoms with E-state index in [0.29, 0.717) is 0 Å². The van der Waals surface area contributed by atoms with E-state index in [0.717, 1.165) is 18.3 Å². The highest BCUT2D eigenvalue weighted by molar-refractivity contribution is 6.27. The Morgan fingerprint density at radius 1 is 1.24 bits per heavy atom. The van der Waals surface area contributed by atoms with Gasteiger partial charge < -0.3 is 9.16 Å². The van der Waals surface area contributed by atoms with Gasteiger partial charge in [0.15, 0.2) is 9.76 Å². The molecule has 94 valence electrons. The van der Waals surface area contributed by atoms with Gasteiger partial charge in [-0.1, -0.05) is 43.9 Å². The lowest BCUT2D eigenvalue weighted by molar-refractivity contribution is 0.308. The van der Waals surface area contributed by atoms with E-state index in [9.17, 15) is 0 Å². The summed E-state index contributed by atoms with van der Waals surface area (Å²) in [5, 5.41) is 0. The van der Waals surface area contributed by atoms with Crippen LogP contribution in [0.5, 0.6) is 5.75 Å². The first-order valence-corrected chi connectivity index (χ1v) is 8.17. The van der Waals surface area contributed by atoms with Crippen LogP contribution < -0.4 is 4.74 Å². The SMILES string of the molecule is COc1ccccc1CO[SiH2]CC1CCCC1. The monoisotopic (exact) mass is 250 g/mol. The topological polar surface area (TPSA) is 18.5 Å². The largest absolute Gasteiger partial charge is 0.496 e. The van der Waals surface area contributed by atoms with Crippen molar-refractivity contribution in [2.75, 3.05) is 7.11 Å². The highest BCUT2D eigenvalue weighted by Gasteiger charge is 2.14. The van der Waals surface area contributed by atoms with Crippen LogP contribution in [0.25, 0.3) is 0 Å². The molecule has 0 aliphatic heterocycles. The van der Waals surface area contributed by atoms with Crippen molar-refractivity contribution in [3.8, 4) is 5.75 Å². The van der Waals surface area contributed by atoms with Crippen LogP contribution in [0.3, 0.4) is 0 Å². The lowest BCUT2D eigenvalue weighted by Gasteiger charge is -2.11. The standard InChI is InChI=1S/C14H22O2Si/c1-15-14-9-5-4-8-13(14)10-16-17-11-12-6-2-3-7-12/h4-5,8-9,12H,2-3,6-7,10-11,17H2,1H3. The van der Waals surface area contributed by atoms with E-state index in [2.05, 4.69) is 6.07 Å². The minimum Gasteiger partial charge on any atom is -0.496 e. The Morgan fingerprint density at radius 3 is 2.76 bits per heavy atom. The molecule has 1 aromatic carbocycles. The molecule has 0 aromatic heterocycles. The molecular formula is C14H22O2Si. The van der Waals surface area contributed by atoms with Crippen LogP contribution in [0.1, 0.15) is 31.2 Å². The maximum absolute atomic E-state index is 5.88. The Kier molecular flexibility index (Phi) is 5.07. The predicted octanol–water partition coefficient (Wildman–Crippen LogP) is 2.90. The van der Waals surface area contributed by atoms with Crippen molar-refractivity contribution in [2.24, 2.45) is 5.92 Å². The van der Waals surface area contributed by atoms with Crippen molar-refractivity contribution in [3.05, 3.63) is 29.8 Å². The molecule has 0 heterocycles. The number of rotatable bonds is 6. The first kappa shape index (κ1) is 12.6. The lowest BCUT2D eigenvalue weighted by atomic mass is 10.1. The summed E-state index contributed by atoms with van der Waals surface area (Å²) in [5.41, 5.74) is 1.17. The minimum absolute atomic E-state index is 0.341. The van der Waals surface area contributed by atoms with Crippen LogP contribution >= 0.6 is 0 Å². The first-order chi connectivity index (χ1) is 8.40. The van der Waals surface area contributed by atoms with Gasteiger partial charge in [-0.25, -0.2) is 0 Å². The third kappa shape index (κ3) is 3.86. The van der Waals surface area contributed by atoms with Crippen LogP contribution in [0.2, 0.25) is 6.04 Å². The van der Waals surface area contributed by atoms with Gasteiger partial charge in [-0.15, -0.1) is 0 Å². The van der Waals surface area contributed by atoms with E-state index >= 15 is 0 Å². The maximum Gasteiger partial charge on any atom is 0.162 e. The third-order valence-corrected chi connectivity index (χ3v) is 5.14. The number of benzene rings is 1. The summed E-state index contributed by atoms with van der Waals surface area (Å²) in [6.07, 6.45) is 5.74. The Bertz CT molecular complexity index is 335. The van der Waals surface area contributed by atoms with Crippen LogP contribution in [-0.4, -0.2) is 16.9 Å². The normalized spacial score (nSPS) is 17.0. The maximum atomic E-state index is 5.88. The van der Waals surface area contributed by atoms with Crippen molar-refractivity contribution >= 4 is 9.76 Å². The molecule has 0 bridgehead atoms. The lowest BCUT2D eigenvalue weighted by Crippen LogP contribution is -2.05. The van der Waals surface area contributed by atoms with Gasteiger partial charge in [0.05, 0.1) is 13.7 Å². The molecule has 1 saturated carbocycles. The average molecular weight is 250 g/mol. The zero-order valence-electron chi connectivity index (χ0n) is 10.7. The highest BCUT2D eigenvalue weighted by atomic mass is 28.2. The van der Waals surface area contributed by atoms with Crippen molar-refractivity contribution in [2.45, 2.75) is 38.3 Å². The quantitative estimate of drug-likeness (QED) is 0.571. The van der Waals surface area contributed by atoms with Gasteiger partial charge >= 0.3 is 0 Å². The molecule has 0 radical (unpaired) electrons. The molecule has 1 fully saturated rings. The van der Waals surface area contributed by atoms with Crippen LogP contribution in [-0.2, 0) is 11.0 Å². The molecule has 1 aliphatic carbocycles. The molecule has 1 aliphatic rings. The van der Waals surface area contributed by atoms with Gasteiger partial charge in [0.1, 0.15) is 5.75 Å². The number of ether oxygens (including phenoxy) is 1. The number of hydrogen-bond acceptors (Lipinski definition) is 2. The fraction of sp³-hybridized carbons (Fsp3) is 0.571. The van der Waals surface area contributed by atoms with Crippen LogP contribution in [0.4, 0.5) is 0 Å². The number of methoxy groups -OCH3 is 1. The molecule has 0 saturated heterocycles. The van der Waals surface area contributed by atoms with Crippen LogP contribution in [0, 0.1) is 5.92 Å². The van der Waals surface area contributed by atoms with Gasteiger partial charge in [-0.3, -0.25) is 0 Å². The molecule has 0 unspecified atom stereocenters. The fourth-order valence-electron chi connectivity index (χ4n) is 2.55. The summed E-state index contributed by atoms with van der Waals surface area (Å²) in [6.45, 7) is 0.725. The molecule has 0 amide bonds.